The molecular formula is C26H24Cl2N2O2S. The molecular weight excluding hydrogens is 475 g/mol. The van der Waals surface area contributed by atoms with Gasteiger partial charge in [0.05, 0.1) is 16.6 Å². The number of para-hydroxylation sites is 1. The van der Waals surface area contributed by atoms with Gasteiger partial charge in [0.1, 0.15) is 0 Å². The van der Waals surface area contributed by atoms with Crippen LogP contribution in [0.1, 0.15) is 42.0 Å². The van der Waals surface area contributed by atoms with Crippen LogP contribution in [0.2, 0.25) is 10.0 Å². The molecule has 1 heterocycles. The van der Waals surface area contributed by atoms with E-state index in [9.17, 15) is 8.42 Å². The summed E-state index contributed by atoms with van der Waals surface area (Å²) >= 11 is 13.1. The van der Waals surface area contributed by atoms with E-state index in [-0.39, 0.29) is 22.8 Å². The number of allylic oxidation sites excluding steroid dienone is 2. The summed E-state index contributed by atoms with van der Waals surface area (Å²) in [5, 5.41) is 4.85. The van der Waals surface area contributed by atoms with Crippen molar-refractivity contribution in [1.82, 2.24) is 0 Å². The zero-order chi connectivity index (χ0) is 23.2. The van der Waals surface area contributed by atoms with Crippen LogP contribution in [-0.2, 0) is 16.4 Å². The standard InChI is InChI=1S/C26H24Cl2N2O2S/c1-2-16-7-3-4-12-23(16)30-33(31,32)17-13-14-24-20(15-17)18-8-5-9-19(18)26(29-24)25-21(27)10-6-11-22(25)28/h3-8,10-15,18-19,26,29-30H,2,9H2,1H3/t18-,19+,26-/m0/s1. The Morgan fingerprint density at radius 1 is 1.03 bits per heavy atom. The molecule has 4 nitrogen and oxygen atoms in total. The molecule has 0 unspecified atom stereocenters. The summed E-state index contributed by atoms with van der Waals surface area (Å²) in [6, 6.07) is 18.2. The Hall–Kier alpha value is -2.47. The monoisotopic (exact) mass is 498 g/mol. The number of hydrogen-bond donors (Lipinski definition) is 2. The largest absolute Gasteiger partial charge is 0.378 e. The van der Waals surface area contributed by atoms with Crippen LogP contribution < -0.4 is 10.0 Å². The van der Waals surface area contributed by atoms with E-state index in [0.29, 0.717) is 15.7 Å². The van der Waals surface area contributed by atoms with E-state index in [1.165, 1.54) is 0 Å². The minimum absolute atomic E-state index is 0.0595. The van der Waals surface area contributed by atoms with Gasteiger partial charge in [-0.25, -0.2) is 8.42 Å². The first kappa shape index (κ1) is 22.3. The lowest BCUT2D eigenvalue weighted by atomic mass is 9.77. The highest BCUT2D eigenvalue weighted by atomic mass is 35.5. The molecule has 0 amide bonds. The van der Waals surface area contributed by atoms with Crippen LogP contribution in [0.25, 0.3) is 0 Å². The van der Waals surface area contributed by atoms with Crippen LogP contribution in [0.5, 0.6) is 0 Å². The van der Waals surface area contributed by atoms with Crippen LogP contribution in [-0.4, -0.2) is 8.42 Å². The molecule has 2 aliphatic rings. The molecule has 0 saturated heterocycles. The summed E-state index contributed by atoms with van der Waals surface area (Å²) in [5.41, 5.74) is 4.33. The summed E-state index contributed by atoms with van der Waals surface area (Å²) in [6.45, 7) is 2.01. The van der Waals surface area contributed by atoms with Crippen LogP contribution in [0.4, 0.5) is 11.4 Å². The van der Waals surface area contributed by atoms with Crippen molar-refractivity contribution in [3.05, 3.63) is 99.6 Å². The molecule has 5 rings (SSSR count). The lowest BCUT2D eigenvalue weighted by Crippen LogP contribution is -2.30. The number of fused-ring (bicyclic) bond motifs is 3. The number of hydrogen-bond acceptors (Lipinski definition) is 3. The number of benzene rings is 3. The van der Waals surface area contributed by atoms with Gasteiger partial charge in [-0.2, -0.15) is 0 Å². The second-order valence-corrected chi connectivity index (χ2v) is 11.0. The molecule has 7 heteroatoms. The zero-order valence-electron chi connectivity index (χ0n) is 18.1. The Bertz CT molecular complexity index is 1330. The van der Waals surface area contributed by atoms with Gasteiger partial charge in [0, 0.05) is 27.2 Å². The molecule has 0 saturated carbocycles. The zero-order valence-corrected chi connectivity index (χ0v) is 20.4. The molecule has 0 aromatic heterocycles. The maximum atomic E-state index is 13.2. The SMILES string of the molecule is CCc1ccccc1NS(=O)(=O)c1ccc2c(c1)[C@H]1C=CC[C@H]1[C@@H](c1c(Cl)cccc1Cl)N2. The Morgan fingerprint density at radius 3 is 2.55 bits per heavy atom. The van der Waals surface area contributed by atoms with Crippen molar-refractivity contribution in [2.75, 3.05) is 10.0 Å². The Morgan fingerprint density at radius 2 is 1.79 bits per heavy atom. The third-order valence-electron chi connectivity index (χ3n) is 6.60. The van der Waals surface area contributed by atoms with Crippen LogP contribution in [0.3, 0.4) is 0 Å². The second kappa shape index (κ2) is 8.71. The van der Waals surface area contributed by atoms with Crippen molar-refractivity contribution < 1.29 is 8.42 Å². The molecule has 3 atom stereocenters. The van der Waals surface area contributed by atoms with Crippen molar-refractivity contribution in [1.29, 1.82) is 0 Å². The molecule has 1 aliphatic carbocycles. The van der Waals surface area contributed by atoms with E-state index in [0.717, 1.165) is 35.2 Å². The average Bonchev–Trinajstić information content (AvgIpc) is 3.29. The lowest BCUT2D eigenvalue weighted by Gasteiger charge is -2.38. The van der Waals surface area contributed by atoms with E-state index >= 15 is 0 Å². The molecule has 0 radical (unpaired) electrons. The fourth-order valence-corrected chi connectivity index (χ4v) is 6.73. The smallest absolute Gasteiger partial charge is 0.261 e. The number of rotatable bonds is 5. The van der Waals surface area contributed by atoms with Gasteiger partial charge in [-0.1, -0.05) is 66.5 Å². The van der Waals surface area contributed by atoms with Crippen molar-refractivity contribution in [3.8, 4) is 0 Å². The van der Waals surface area contributed by atoms with Crippen LogP contribution in [0, 0.1) is 5.92 Å². The van der Waals surface area contributed by atoms with E-state index in [2.05, 4.69) is 22.2 Å². The maximum absolute atomic E-state index is 13.2. The predicted molar refractivity (Wildman–Crippen MR) is 136 cm³/mol. The number of halogens is 2. The van der Waals surface area contributed by atoms with Gasteiger partial charge in [-0.3, -0.25) is 4.72 Å². The normalized spacial score (nSPS) is 21.2. The summed E-state index contributed by atoms with van der Waals surface area (Å²) in [6.07, 6.45) is 5.93. The van der Waals surface area contributed by atoms with Crippen molar-refractivity contribution in [2.45, 2.75) is 36.6 Å². The first-order valence-electron chi connectivity index (χ1n) is 11.0. The number of nitrogens with one attached hydrogen (secondary N) is 2. The summed E-state index contributed by atoms with van der Waals surface area (Å²) < 4.78 is 29.2. The van der Waals surface area contributed by atoms with Crippen LogP contribution in [0.15, 0.2) is 77.7 Å². The number of sulfonamides is 1. The van der Waals surface area contributed by atoms with E-state index in [1.807, 2.05) is 49.4 Å². The van der Waals surface area contributed by atoms with Gasteiger partial charge in [0.2, 0.25) is 0 Å². The molecule has 3 aromatic rings. The van der Waals surface area contributed by atoms with Crippen LogP contribution >= 0.6 is 23.2 Å². The van der Waals surface area contributed by atoms with Gasteiger partial charge in [-0.05, 0) is 66.3 Å². The van der Waals surface area contributed by atoms with Crippen molar-refractivity contribution in [3.63, 3.8) is 0 Å². The minimum Gasteiger partial charge on any atom is -0.378 e. The Kier molecular flexibility index (Phi) is 5.89. The number of aryl methyl sites for hydroxylation is 1. The fourth-order valence-electron chi connectivity index (χ4n) is 4.97. The Labute approximate surface area is 204 Å². The minimum atomic E-state index is -3.73. The third kappa shape index (κ3) is 4.03. The molecule has 0 bridgehead atoms. The highest BCUT2D eigenvalue weighted by molar-refractivity contribution is 7.92. The summed E-state index contributed by atoms with van der Waals surface area (Å²) in [5.74, 6) is 0.276. The van der Waals surface area contributed by atoms with E-state index < -0.39 is 10.0 Å². The fraction of sp³-hybridized carbons (Fsp3) is 0.231. The van der Waals surface area contributed by atoms with E-state index in [1.54, 1.807) is 18.2 Å². The van der Waals surface area contributed by atoms with Gasteiger partial charge in [0.15, 0.2) is 0 Å². The topological polar surface area (TPSA) is 58.2 Å². The molecule has 170 valence electrons. The third-order valence-corrected chi connectivity index (χ3v) is 8.62. The molecule has 3 aromatic carbocycles. The lowest BCUT2D eigenvalue weighted by molar-refractivity contribution is 0.425. The van der Waals surface area contributed by atoms with Gasteiger partial charge < -0.3 is 5.32 Å². The van der Waals surface area contributed by atoms with Gasteiger partial charge in [0.25, 0.3) is 10.0 Å². The molecule has 33 heavy (non-hydrogen) atoms. The van der Waals surface area contributed by atoms with E-state index in [4.69, 9.17) is 23.2 Å². The predicted octanol–water partition coefficient (Wildman–Crippen LogP) is 7.18. The quantitative estimate of drug-likeness (QED) is 0.366. The van der Waals surface area contributed by atoms with Gasteiger partial charge >= 0.3 is 0 Å². The summed E-state index contributed by atoms with van der Waals surface area (Å²) in [7, 11) is -3.73. The highest BCUT2D eigenvalue weighted by Crippen LogP contribution is 2.52. The number of anilines is 2. The molecule has 2 N–H and O–H groups in total. The van der Waals surface area contributed by atoms with Crippen molar-refractivity contribution in [2.24, 2.45) is 5.92 Å². The van der Waals surface area contributed by atoms with Crippen molar-refractivity contribution >= 4 is 44.6 Å². The highest BCUT2D eigenvalue weighted by Gasteiger charge is 2.40. The summed E-state index contributed by atoms with van der Waals surface area (Å²) in [4.78, 5) is 0.252. The first-order chi connectivity index (χ1) is 15.9. The average molecular weight is 499 g/mol. The Balaban J connectivity index is 1.52. The molecule has 0 fully saturated rings. The second-order valence-electron chi connectivity index (χ2n) is 8.48. The molecule has 1 aliphatic heterocycles. The molecule has 0 spiro atoms. The maximum Gasteiger partial charge on any atom is 0.261 e. The van der Waals surface area contributed by atoms with Gasteiger partial charge in [-0.15, -0.1) is 0 Å². The first-order valence-corrected chi connectivity index (χ1v) is 13.2.